The number of benzene rings is 1. The Morgan fingerprint density at radius 2 is 2.00 bits per heavy atom. The first-order valence-electron chi connectivity index (χ1n) is 6.01. The maximum atomic E-state index is 12.0. The lowest BCUT2D eigenvalue weighted by Gasteiger charge is -2.10. The summed E-state index contributed by atoms with van der Waals surface area (Å²) in [6.07, 6.45) is 0. The minimum atomic E-state index is -0.146. The van der Waals surface area contributed by atoms with E-state index in [2.05, 4.69) is 29.4 Å². The fourth-order valence-electron chi connectivity index (χ4n) is 1.49. The quantitative estimate of drug-likeness (QED) is 0.870. The zero-order valence-corrected chi connectivity index (χ0v) is 12.8. The first-order chi connectivity index (χ1) is 9.04. The number of thiazole rings is 1. The molecule has 2 rings (SSSR count). The number of rotatable bonds is 4. The average molecular weight is 292 g/mol. The summed E-state index contributed by atoms with van der Waals surface area (Å²) < 4.78 is 0. The molecule has 0 fully saturated rings. The van der Waals surface area contributed by atoms with Crippen LogP contribution in [0.1, 0.15) is 18.2 Å². The highest BCUT2D eigenvalue weighted by Gasteiger charge is 2.15. The van der Waals surface area contributed by atoms with E-state index in [4.69, 9.17) is 0 Å². The highest BCUT2D eigenvalue weighted by molar-refractivity contribution is 8.00. The largest absolute Gasteiger partial charge is 0.301 e. The number of carbonyl (C=O) groups excluding carboxylic acids is 1. The van der Waals surface area contributed by atoms with Gasteiger partial charge in [0.05, 0.1) is 10.9 Å². The van der Waals surface area contributed by atoms with Gasteiger partial charge in [-0.15, -0.1) is 23.1 Å². The molecule has 1 aromatic heterocycles. The number of amides is 1. The molecule has 0 radical (unpaired) electrons. The molecule has 1 heterocycles. The maximum absolute atomic E-state index is 12.0. The van der Waals surface area contributed by atoms with E-state index in [0.717, 1.165) is 10.6 Å². The molecule has 0 saturated carbocycles. The second-order valence-electron chi connectivity index (χ2n) is 4.36. The van der Waals surface area contributed by atoms with E-state index in [-0.39, 0.29) is 11.2 Å². The predicted octanol–water partition coefficient (Wildman–Crippen LogP) is 3.88. The summed E-state index contributed by atoms with van der Waals surface area (Å²) >= 11 is 3.00. The van der Waals surface area contributed by atoms with Gasteiger partial charge < -0.3 is 5.32 Å². The third kappa shape index (κ3) is 4.08. The molecule has 0 bridgehead atoms. The van der Waals surface area contributed by atoms with E-state index in [1.165, 1.54) is 16.9 Å². The first kappa shape index (κ1) is 14.1. The van der Waals surface area contributed by atoms with E-state index in [9.17, 15) is 4.79 Å². The molecule has 100 valence electrons. The first-order valence-corrected chi connectivity index (χ1v) is 7.77. The minimum Gasteiger partial charge on any atom is -0.301 e. The van der Waals surface area contributed by atoms with Crippen molar-refractivity contribution in [2.24, 2.45) is 0 Å². The zero-order chi connectivity index (χ0) is 13.8. The standard InChI is InChI=1S/C14H16N2OS2/c1-9-4-6-12(7-5-9)19-11(3)13(17)16-14-15-10(2)8-18-14/h4-8,11H,1-3H3,(H,15,16,17). The molecule has 1 atom stereocenters. The molecular formula is C14H16N2OS2. The van der Waals surface area contributed by atoms with Crippen molar-refractivity contribution in [1.82, 2.24) is 4.98 Å². The Labute approximate surface area is 121 Å². The topological polar surface area (TPSA) is 42.0 Å². The van der Waals surface area contributed by atoms with Crippen LogP contribution in [0.2, 0.25) is 0 Å². The molecule has 0 spiro atoms. The fourth-order valence-corrected chi connectivity index (χ4v) is 3.05. The van der Waals surface area contributed by atoms with Gasteiger partial charge in [0.1, 0.15) is 0 Å². The number of aryl methyl sites for hydroxylation is 2. The highest BCUT2D eigenvalue weighted by atomic mass is 32.2. The Morgan fingerprint density at radius 1 is 1.32 bits per heavy atom. The van der Waals surface area contributed by atoms with E-state index in [0.29, 0.717) is 5.13 Å². The molecule has 0 aliphatic rings. The van der Waals surface area contributed by atoms with Crippen molar-refractivity contribution < 1.29 is 4.79 Å². The molecule has 1 amide bonds. The number of nitrogens with one attached hydrogen (secondary N) is 1. The summed E-state index contributed by atoms with van der Waals surface area (Å²) in [5.74, 6) is -0.0140. The van der Waals surface area contributed by atoms with Gasteiger partial charge in [-0.25, -0.2) is 4.98 Å². The third-order valence-electron chi connectivity index (χ3n) is 2.55. The average Bonchev–Trinajstić information content (AvgIpc) is 2.77. The van der Waals surface area contributed by atoms with E-state index in [1.807, 2.05) is 31.4 Å². The third-order valence-corrected chi connectivity index (χ3v) is 4.54. The van der Waals surface area contributed by atoms with E-state index >= 15 is 0 Å². The van der Waals surface area contributed by atoms with Crippen LogP contribution < -0.4 is 5.32 Å². The lowest BCUT2D eigenvalue weighted by atomic mass is 10.2. The number of hydrogen-bond acceptors (Lipinski definition) is 4. The van der Waals surface area contributed by atoms with Crippen LogP contribution in [0, 0.1) is 13.8 Å². The Hall–Kier alpha value is -1.33. The monoisotopic (exact) mass is 292 g/mol. The number of hydrogen-bond donors (Lipinski definition) is 1. The Bertz CT molecular complexity index is 563. The van der Waals surface area contributed by atoms with Gasteiger partial charge in [0.15, 0.2) is 5.13 Å². The van der Waals surface area contributed by atoms with Crippen LogP contribution in [-0.2, 0) is 4.79 Å². The molecule has 0 aliphatic carbocycles. The van der Waals surface area contributed by atoms with Crippen molar-refractivity contribution in [2.75, 3.05) is 5.32 Å². The van der Waals surface area contributed by atoms with Crippen molar-refractivity contribution in [3.05, 3.63) is 40.9 Å². The van der Waals surface area contributed by atoms with Crippen LogP contribution in [0.3, 0.4) is 0 Å². The molecule has 0 saturated heterocycles. The molecular weight excluding hydrogens is 276 g/mol. The second-order valence-corrected chi connectivity index (χ2v) is 6.63. The SMILES string of the molecule is Cc1ccc(SC(C)C(=O)Nc2nc(C)cs2)cc1. The van der Waals surface area contributed by atoms with Gasteiger partial charge in [0.25, 0.3) is 0 Å². The van der Waals surface area contributed by atoms with E-state index < -0.39 is 0 Å². The normalized spacial score (nSPS) is 12.2. The number of nitrogens with zero attached hydrogens (tertiary/aromatic N) is 1. The summed E-state index contributed by atoms with van der Waals surface area (Å²) in [5.41, 5.74) is 2.15. The van der Waals surface area contributed by atoms with Gasteiger partial charge >= 0.3 is 0 Å². The minimum absolute atomic E-state index is 0.0140. The lowest BCUT2D eigenvalue weighted by molar-refractivity contribution is -0.115. The Balaban J connectivity index is 1.94. The predicted molar refractivity (Wildman–Crippen MR) is 82.0 cm³/mol. The molecule has 19 heavy (non-hydrogen) atoms. The van der Waals surface area contributed by atoms with Crippen LogP contribution in [0.15, 0.2) is 34.5 Å². The molecule has 1 aromatic carbocycles. The Morgan fingerprint density at radius 3 is 2.58 bits per heavy atom. The van der Waals surface area contributed by atoms with Crippen molar-refractivity contribution in [2.45, 2.75) is 30.9 Å². The fraction of sp³-hybridized carbons (Fsp3) is 0.286. The summed E-state index contributed by atoms with van der Waals surface area (Å²) in [5, 5.41) is 5.29. The summed E-state index contributed by atoms with van der Waals surface area (Å²) in [4.78, 5) is 17.4. The van der Waals surface area contributed by atoms with E-state index in [1.54, 1.807) is 11.8 Å². The number of carbonyl (C=O) groups is 1. The van der Waals surface area contributed by atoms with Gasteiger partial charge in [0, 0.05) is 10.3 Å². The van der Waals surface area contributed by atoms with Gasteiger partial charge in [-0.1, -0.05) is 17.7 Å². The van der Waals surface area contributed by atoms with Crippen LogP contribution in [-0.4, -0.2) is 16.1 Å². The number of aromatic nitrogens is 1. The summed E-state index contributed by atoms with van der Waals surface area (Å²) in [6.45, 7) is 5.87. The van der Waals surface area contributed by atoms with Crippen LogP contribution in [0.4, 0.5) is 5.13 Å². The van der Waals surface area contributed by atoms with Crippen LogP contribution in [0.5, 0.6) is 0 Å². The molecule has 1 unspecified atom stereocenters. The van der Waals surface area contributed by atoms with Crippen LogP contribution in [0.25, 0.3) is 0 Å². The highest BCUT2D eigenvalue weighted by Crippen LogP contribution is 2.25. The zero-order valence-electron chi connectivity index (χ0n) is 11.1. The molecule has 5 heteroatoms. The van der Waals surface area contributed by atoms with Crippen LogP contribution >= 0.6 is 23.1 Å². The number of anilines is 1. The van der Waals surface area contributed by atoms with Gasteiger partial charge in [-0.05, 0) is 32.9 Å². The maximum Gasteiger partial charge on any atom is 0.239 e. The molecule has 0 aliphatic heterocycles. The van der Waals surface area contributed by atoms with Crippen molar-refractivity contribution >= 4 is 34.1 Å². The molecule has 2 aromatic rings. The van der Waals surface area contributed by atoms with Gasteiger partial charge in [0.2, 0.25) is 5.91 Å². The Kier molecular flexibility index (Phi) is 4.61. The van der Waals surface area contributed by atoms with Crippen molar-refractivity contribution in [1.29, 1.82) is 0 Å². The summed E-state index contributed by atoms with van der Waals surface area (Å²) in [6, 6.07) is 8.18. The number of thioether (sulfide) groups is 1. The van der Waals surface area contributed by atoms with Crippen molar-refractivity contribution in [3.63, 3.8) is 0 Å². The molecule has 1 N–H and O–H groups in total. The lowest BCUT2D eigenvalue weighted by Crippen LogP contribution is -2.22. The van der Waals surface area contributed by atoms with Gasteiger partial charge in [-0.3, -0.25) is 4.79 Å². The molecule has 3 nitrogen and oxygen atoms in total. The smallest absolute Gasteiger partial charge is 0.239 e. The second kappa shape index (κ2) is 6.21. The van der Waals surface area contributed by atoms with Gasteiger partial charge in [-0.2, -0.15) is 0 Å². The summed E-state index contributed by atoms with van der Waals surface area (Å²) in [7, 11) is 0. The van der Waals surface area contributed by atoms with Crippen molar-refractivity contribution in [3.8, 4) is 0 Å².